The zero-order valence-electron chi connectivity index (χ0n) is 15.8. The fraction of sp³-hybridized carbons (Fsp3) is 0.273. The van der Waals surface area contributed by atoms with Gasteiger partial charge in [-0.15, -0.1) is 0 Å². The SMILES string of the molecule is COc1ccc(-c2cc(=NCCCC(=O)O)c3cc(C)c(C)cc3o2)cc1. The van der Waals surface area contributed by atoms with Crippen molar-refractivity contribution < 1.29 is 19.1 Å². The average molecular weight is 365 g/mol. The van der Waals surface area contributed by atoms with Gasteiger partial charge >= 0.3 is 5.97 Å². The minimum Gasteiger partial charge on any atom is -0.497 e. The van der Waals surface area contributed by atoms with Gasteiger partial charge in [-0.25, -0.2) is 0 Å². The number of benzene rings is 2. The maximum absolute atomic E-state index is 10.7. The van der Waals surface area contributed by atoms with Gasteiger partial charge in [0.1, 0.15) is 17.1 Å². The first-order valence-corrected chi connectivity index (χ1v) is 8.90. The fourth-order valence-electron chi connectivity index (χ4n) is 2.88. The number of ether oxygens (including phenoxy) is 1. The summed E-state index contributed by atoms with van der Waals surface area (Å²) in [5.41, 5.74) is 4.01. The van der Waals surface area contributed by atoms with Crippen molar-refractivity contribution in [2.45, 2.75) is 26.7 Å². The van der Waals surface area contributed by atoms with Gasteiger partial charge in [0.05, 0.1) is 12.5 Å². The number of aliphatic carboxylic acids is 1. The molecule has 3 rings (SSSR count). The summed E-state index contributed by atoms with van der Waals surface area (Å²) in [7, 11) is 1.63. The summed E-state index contributed by atoms with van der Waals surface area (Å²) < 4.78 is 11.4. The Bertz CT molecular complexity index is 1030. The van der Waals surface area contributed by atoms with Crippen molar-refractivity contribution in [1.82, 2.24) is 0 Å². The molecule has 27 heavy (non-hydrogen) atoms. The molecule has 5 nitrogen and oxygen atoms in total. The number of hydrogen-bond acceptors (Lipinski definition) is 4. The van der Waals surface area contributed by atoms with E-state index in [1.807, 2.05) is 43.3 Å². The van der Waals surface area contributed by atoms with Gasteiger partial charge in [-0.3, -0.25) is 9.79 Å². The highest BCUT2D eigenvalue weighted by molar-refractivity contribution is 5.80. The Balaban J connectivity index is 2.10. The molecule has 0 atom stereocenters. The number of carbonyl (C=O) groups is 1. The predicted octanol–water partition coefficient (Wildman–Crippen LogP) is 4.49. The molecule has 0 saturated heterocycles. The van der Waals surface area contributed by atoms with Crippen LogP contribution in [0, 0.1) is 13.8 Å². The lowest BCUT2D eigenvalue weighted by atomic mass is 10.1. The largest absolute Gasteiger partial charge is 0.497 e. The molecule has 0 bridgehead atoms. The summed E-state index contributed by atoms with van der Waals surface area (Å²) in [5, 5.41) is 10.6. The van der Waals surface area contributed by atoms with Gasteiger partial charge in [-0.2, -0.15) is 0 Å². The number of carboxylic acids is 1. The van der Waals surface area contributed by atoms with Crippen molar-refractivity contribution in [2.75, 3.05) is 13.7 Å². The summed E-state index contributed by atoms with van der Waals surface area (Å²) in [5.74, 6) is 0.693. The molecular formula is C22H23NO4. The van der Waals surface area contributed by atoms with Crippen LogP contribution in [0.2, 0.25) is 0 Å². The van der Waals surface area contributed by atoms with E-state index in [1.165, 1.54) is 0 Å². The molecule has 0 aliphatic heterocycles. The van der Waals surface area contributed by atoms with E-state index < -0.39 is 5.97 Å². The standard InChI is InChI=1S/C22H23NO4/c1-14-11-18-19(23-10-4-5-22(24)25)13-20(27-21(18)12-15(14)2)16-6-8-17(26-3)9-7-16/h6-9,11-13H,4-5,10H2,1-3H3,(H,24,25). The maximum atomic E-state index is 10.7. The Morgan fingerprint density at radius 2 is 1.81 bits per heavy atom. The van der Waals surface area contributed by atoms with Crippen molar-refractivity contribution >= 4 is 16.9 Å². The first kappa shape index (κ1) is 18.7. The predicted molar refractivity (Wildman–Crippen MR) is 105 cm³/mol. The molecule has 0 radical (unpaired) electrons. The highest BCUT2D eigenvalue weighted by Gasteiger charge is 2.08. The van der Waals surface area contributed by atoms with Crippen molar-refractivity contribution in [3.63, 3.8) is 0 Å². The highest BCUT2D eigenvalue weighted by atomic mass is 16.5. The molecule has 0 spiro atoms. The minimum atomic E-state index is -0.802. The molecule has 1 heterocycles. The van der Waals surface area contributed by atoms with Gasteiger partial charge in [0.2, 0.25) is 0 Å². The molecule has 0 unspecified atom stereocenters. The van der Waals surface area contributed by atoms with Crippen LogP contribution in [0.4, 0.5) is 0 Å². The number of fused-ring (bicyclic) bond motifs is 1. The van der Waals surface area contributed by atoms with Crippen LogP contribution in [0.25, 0.3) is 22.3 Å². The zero-order valence-corrected chi connectivity index (χ0v) is 15.8. The zero-order chi connectivity index (χ0) is 19.4. The summed E-state index contributed by atoms with van der Waals surface area (Å²) >= 11 is 0. The van der Waals surface area contributed by atoms with Crippen LogP contribution in [-0.2, 0) is 4.79 Å². The van der Waals surface area contributed by atoms with Crippen LogP contribution in [0.3, 0.4) is 0 Å². The molecule has 0 aliphatic rings. The Kier molecular flexibility index (Phi) is 5.60. The third-order valence-corrected chi connectivity index (χ3v) is 4.57. The Morgan fingerprint density at radius 1 is 1.11 bits per heavy atom. The summed E-state index contributed by atoms with van der Waals surface area (Å²) in [4.78, 5) is 15.4. The molecule has 1 N–H and O–H groups in total. The number of rotatable bonds is 6. The molecule has 3 aromatic rings. The van der Waals surface area contributed by atoms with E-state index in [2.05, 4.69) is 18.0 Å². The number of hydrogen-bond donors (Lipinski definition) is 1. The van der Waals surface area contributed by atoms with E-state index in [4.69, 9.17) is 14.3 Å². The first-order valence-electron chi connectivity index (χ1n) is 8.90. The third kappa shape index (κ3) is 4.37. The Labute approximate surface area is 157 Å². The molecule has 1 aromatic heterocycles. The molecule has 140 valence electrons. The minimum absolute atomic E-state index is 0.113. The smallest absolute Gasteiger partial charge is 0.303 e. The number of nitrogens with zero attached hydrogens (tertiary/aromatic N) is 1. The molecule has 5 heteroatoms. The fourth-order valence-corrected chi connectivity index (χ4v) is 2.88. The topological polar surface area (TPSA) is 72.0 Å². The van der Waals surface area contributed by atoms with Crippen molar-refractivity contribution in [3.8, 4) is 17.1 Å². The quantitative estimate of drug-likeness (QED) is 0.653. The van der Waals surface area contributed by atoms with Crippen LogP contribution in [0.15, 0.2) is 51.9 Å². The lowest BCUT2D eigenvalue weighted by Gasteiger charge is -2.08. The number of carboxylic acid groups (broad SMARTS) is 1. The van der Waals surface area contributed by atoms with Crippen LogP contribution < -0.4 is 10.1 Å². The van der Waals surface area contributed by atoms with Crippen LogP contribution in [0.5, 0.6) is 5.75 Å². The highest BCUT2D eigenvalue weighted by Crippen LogP contribution is 2.25. The maximum Gasteiger partial charge on any atom is 0.303 e. The van der Waals surface area contributed by atoms with Crippen molar-refractivity contribution in [2.24, 2.45) is 4.99 Å². The van der Waals surface area contributed by atoms with Gasteiger partial charge in [0.25, 0.3) is 0 Å². The Hall–Kier alpha value is -3.08. The molecule has 0 fully saturated rings. The lowest BCUT2D eigenvalue weighted by molar-refractivity contribution is -0.137. The van der Waals surface area contributed by atoms with E-state index >= 15 is 0 Å². The van der Waals surface area contributed by atoms with E-state index in [-0.39, 0.29) is 6.42 Å². The van der Waals surface area contributed by atoms with Crippen LogP contribution in [-0.4, -0.2) is 24.7 Å². The van der Waals surface area contributed by atoms with E-state index in [0.717, 1.165) is 38.8 Å². The lowest BCUT2D eigenvalue weighted by Crippen LogP contribution is -2.07. The van der Waals surface area contributed by atoms with Gasteiger partial charge < -0.3 is 14.3 Å². The molecule has 0 saturated carbocycles. The molecule has 0 aliphatic carbocycles. The summed E-state index contributed by atoms with van der Waals surface area (Å²) in [6, 6.07) is 13.7. The van der Waals surface area contributed by atoms with Crippen molar-refractivity contribution in [1.29, 1.82) is 0 Å². The second kappa shape index (κ2) is 8.08. The van der Waals surface area contributed by atoms with Gasteiger partial charge in [-0.1, -0.05) is 0 Å². The van der Waals surface area contributed by atoms with Crippen LogP contribution in [0.1, 0.15) is 24.0 Å². The van der Waals surface area contributed by atoms with E-state index in [1.54, 1.807) is 7.11 Å². The third-order valence-electron chi connectivity index (χ3n) is 4.57. The summed E-state index contributed by atoms with van der Waals surface area (Å²) in [6.45, 7) is 4.56. The van der Waals surface area contributed by atoms with Gasteiger partial charge in [0.15, 0.2) is 0 Å². The molecular weight excluding hydrogens is 342 g/mol. The van der Waals surface area contributed by atoms with Crippen molar-refractivity contribution in [3.05, 3.63) is 58.9 Å². The normalized spacial score (nSPS) is 11.7. The molecule has 0 amide bonds. The Morgan fingerprint density at radius 3 is 2.48 bits per heavy atom. The van der Waals surface area contributed by atoms with E-state index in [9.17, 15) is 4.79 Å². The van der Waals surface area contributed by atoms with Gasteiger partial charge in [-0.05, 0) is 67.8 Å². The van der Waals surface area contributed by atoms with Crippen LogP contribution >= 0.6 is 0 Å². The van der Waals surface area contributed by atoms with Gasteiger partial charge in [0, 0.05) is 30.0 Å². The number of aryl methyl sites for hydroxylation is 2. The van der Waals surface area contributed by atoms with E-state index in [0.29, 0.717) is 18.7 Å². The second-order valence-corrected chi connectivity index (χ2v) is 6.54. The number of methoxy groups -OCH3 is 1. The summed E-state index contributed by atoms with van der Waals surface area (Å²) in [6.07, 6.45) is 0.619. The molecule has 2 aromatic carbocycles. The monoisotopic (exact) mass is 365 g/mol. The first-order chi connectivity index (χ1) is 13.0. The average Bonchev–Trinajstić information content (AvgIpc) is 2.66. The second-order valence-electron chi connectivity index (χ2n) is 6.54.